The van der Waals surface area contributed by atoms with Gasteiger partial charge in [0.1, 0.15) is 6.04 Å². The highest BCUT2D eigenvalue weighted by Gasteiger charge is 2.44. The minimum absolute atomic E-state index is 0.0275. The summed E-state index contributed by atoms with van der Waals surface area (Å²) in [6.45, 7) is 6.01. The van der Waals surface area contributed by atoms with Crippen molar-refractivity contribution < 1.29 is 14.6 Å². The zero-order chi connectivity index (χ0) is 29.0. The maximum atomic E-state index is 13.6. The van der Waals surface area contributed by atoms with Gasteiger partial charge in [0, 0.05) is 30.0 Å². The van der Waals surface area contributed by atoms with Gasteiger partial charge in [0.25, 0.3) is 11.7 Å². The molecule has 0 radical (unpaired) electrons. The number of urea groups is 1. The third-order valence-electron chi connectivity index (χ3n) is 7.82. The standard InChI is InChI=1S/C30H42N8O2/c1-30(2)26(32)24(18-38(30)29(40)35-25(19-36(3)4)20-9-6-5-7-10-20)27(33)34-23-11-8-16-37(17-23)28(39)21-12-14-22(31)15-13-21/h5-7,9-10,12-15,23,25H,8,11,16-19,31-32H2,1-4H3,(H2,33,34)(H,35,40)/p+1/t23?,25-/m1/s1. The number of nitrogens with zero attached hydrogens (tertiary/aromatic N) is 3. The number of likely N-dealkylation sites (N-methyl/N-ethyl adjacent to an activating group) is 1. The molecule has 2 aliphatic rings. The molecule has 1 saturated heterocycles. The van der Waals surface area contributed by atoms with Crippen LogP contribution in [-0.2, 0) is 0 Å². The first-order valence-corrected chi connectivity index (χ1v) is 13.8. The van der Waals surface area contributed by atoms with Gasteiger partial charge in [-0.15, -0.1) is 0 Å². The maximum absolute atomic E-state index is 13.6. The van der Waals surface area contributed by atoms with E-state index in [1.807, 2.05) is 68.1 Å². The molecular weight excluding hydrogens is 504 g/mol. The highest BCUT2D eigenvalue weighted by molar-refractivity contribution is 5.96. The molecule has 3 amide bonds. The van der Waals surface area contributed by atoms with Gasteiger partial charge in [-0.25, -0.2) is 4.79 Å². The summed E-state index contributed by atoms with van der Waals surface area (Å²) >= 11 is 0. The number of piperidine rings is 1. The molecule has 10 heteroatoms. The Morgan fingerprint density at radius 3 is 2.42 bits per heavy atom. The third-order valence-corrected chi connectivity index (χ3v) is 7.82. The summed E-state index contributed by atoms with van der Waals surface area (Å²) in [5, 5.41) is 3.20. The number of nitrogens with one attached hydrogen (secondary N) is 2. The van der Waals surface area contributed by atoms with Gasteiger partial charge in [-0.05, 0) is 70.6 Å². The average Bonchev–Trinajstić information content (AvgIpc) is 3.17. The van der Waals surface area contributed by atoms with E-state index >= 15 is 0 Å². The molecule has 1 fully saturated rings. The molecule has 2 atom stereocenters. The number of nitrogens with two attached hydrogens (primary N) is 3. The van der Waals surface area contributed by atoms with Crippen LogP contribution in [0.15, 0.2) is 65.9 Å². The van der Waals surface area contributed by atoms with E-state index in [1.54, 1.807) is 29.2 Å². The number of nitrogen functional groups attached to an aromatic ring is 1. The summed E-state index contributed by atoms with van der Waals surface area (Å²) in [5.74, 6) is 0.417. The van der Waals surface area contributed by atoms with Crippen molar-refractivity contribution in [3.05, 3.63) is 77.0 Å². The van der Waals surface area contributed by atoms with Gasteiger partial charge >= 0.3 is 6.03 Å². The maximum Gasteiger partial charge on any atom is 0.319 e. The summed E-state index contributed by atoms with van der Waals surface area (Å²) in [6.07, 6.45) is 1.73. The van der Waals surface area contributed by atoms with Crippen molar-refractivity contribution in [1.29, 1.82) is 0 Å². The number of hydrogen-bond acceptors (Lipinski definition) is 5. The summed E-state index contributed by atoms with van der Waals surface area (Å²) in [5.41, 5.74) is 21.8. The third kappa shape index (κ3) is 6.39. The molecule has 8 N–H and O–H groups in total. The van der Waals surface area contributed by atoms with E-state index in [4.69, 9.17) is 17.2 Å². The van der Waals surface area contributed by atoms with Crippen LogP contribution in [0.4, 0.5) is 10.5 Å². The lowest BCUT2D eigenvalue weighted by Crippen LogP contribution is -2.84. The Morgan fingerprint density at radius 2 is 1.77 bits per heavy atom. The first-order valence-electron chi connectivity index (χ1n) is 13.8. The second-order valence-corrected chi connectivity index (χ2v) is 11.5. The van der Waals surface area contributed by atoms with Crippen molar-refractivity contribution in [3.63, 3.8) is 0 Å². The lowest BCUT2D eigenvalue weighted by molar-refractivity contribution is -0.507. The van der Waals surface area contributed by atoms with E-state index in [2.05, 4.69) is 10.3 Å². The largest absolute Gasteiger partial charge is 0.400 e. The second kappa shape index (κ2) is 12.0. The molecule has 0 aliphatic carbocycles. The summed E-state index contributed by atoms with van der Waals surface area (Å²) < 4.78 is 0. The lowest BCUT2D eigenvalue weighted by atomic mass is 10.00. The highest BCUT2D eigenvalue weighted by Crippen LogP contribution is 2.31. The van der Waals surface area contributed by atoms with Crippen molar-refractivity contribution in [2.75, 3.05) is 46.0 Å². The van der Waals surface area contributed by atoms with Crippen molar-refractivity contribution in [2.45, 2.75) is 44.3 Å². The first kappa shape index (κ1) is 28.9. The van der Waals surface area contributed by atoms with Crippen molar-refractivity contribution in [2.24, 2.45) is 11.5 Å². The lowest BCUT2D eigenvalue weighted by Gasteiger charge is -2.34. The van der Waals surface area contributed by atoms with Crippen molar-refractivity contribution in [1.82, 2.24) is 20.0 Å². The molecule has 40 heavy (non-hydrogen) atoms. The van der Waals surface area contributed by atoms with E-state index in [1.165, 1.54) is 0 Å². The molecule has 1 unspecified atom stereocenters. The fourth-order valence-corrected chi connectivity index (χ4v) is 5.42. The van der Waals surface area contributed by atoms with Crippen LogP contribution < -0.4 is 27.5 Å². The van der Waals surface area contributed by atoms with Crippen molar-refractivity contribution >= 4 is 23.5 Å². The number of anilines is 1. The van der Waals surface area contributed by atoms with Crippen molar-refractivity contribution in [3.8, 4) is 0 Å². The van der Waals surface area contributed by atoms with Crippen LogP contribution in [-0.4, -0.2) is 84.3 Å². The first-order chi connectivity index (χ1) is 19.0. The molecular formula is C30H43N8O2+. The molecule has 0 saturated carbocycles. The minimum atomic E-state index is -0.727. The predicted octanol–water partition coefficient (Wildman–Crippen LogP) is 0.631. The fourth-order valence-electron chi connectivity index (χ4n) is 5.42. The molecule has 10 nitrogen and oxygen atoms in total. The molecule has 2 heterocycles. The van der Waals surface area contributed by atoms with E-state index in [9.17, 15) is 9.59 Å². The molecule has 2 aromatic rings. The smallest absolute Gasteiger partial charge is 0.319 e. The Labute approximate surface area is 236 Å². The van der Waals surface area contributed by atoms with Crippen LogP contribution in [0.2, 0.25) is 0 Å². The van der Waals surface area contributed by atoms with Gasteiger partial charge < -0.3 is 31.5 Å². The normalized spacial score (nSPS) is 20.1. The van der Waals surface area contributed by atoms with Crippen LogP contribution >= 0.6 is 0 Å². The summed E-state index contributed by atoms with van der Waals surface area (Å²) in [6, 6.07) is 16.5. The van der Waals surface area contributed by atoms with Gasteiger partial charge in [-0.1, -0.05) is 30.3 Å². The van der Waals surface area contributed by atoms with E-state index in [0.717, 1.165) is 18.4 Å². The SMILES string of the molecule is CN(C)C[C@@H](NC(=O)N1CC(C(N)=[NH+]C2CCCN(C(=O)c3ccc(N)cc3)C2)=C(N)C1(C)C)c1ccccc1. The number of likely N-dealkylation sites (tertiary alicyclic amines) is 1. The number of amidine groups is 1. The van der Waals surface area contributed by atoms with Gasteiger partial charge in [-0.2, -0.15) is 0 Å². The Bertz CT molecular complexity index is 1270. The quantitative estimate of drug-likeness (QED) is 0.195. The number of amides is 3. The van der Waals surface area contributed by atoms with Gasteiger partial charge in [0.15, 0.2) is 0 Å². The molecule has 214 valence electrons. The fraction of sp³-hybridized carbons (Fsp3) is 0.433. The predicted molar refractivity (Wildman–Crippen MR) is 158 cm³/mol. The van der Waals surface area contributed by atoms with Gasteiger partial charge in [0.05, 0.1) is 30.2 Å². The Hall–Kier alpha value is -4.05. The molecule has 0 spiro atoms. The molecule has 2 aliphatic heterocycles. The molecule has 0 bridgehead atoms. The highest BCUT2D eigenvalue weighted by atomic mass is 16.2. The molecule has 4 rings (SSSR count). The topological polar surface area (TPSA) is 148 Å². The monoisotopic (exact) mass is 547 g/mol. The van der Waals surface area contributed by atoms with E-state index in [0.29, 0.717) is 48.0 Å². The number of hydrogen-bond donors (Lipinski definition) is 5. The Morgan fingerprint density at radius 1 is 1.10 bits per heavy atom. The van der Waals surface area contributed by atoms with Crippen LogP contribution in [0.1, 0.15) is 48.7 Å². The van der Waals surface area contributed by atoms with Crippen LogP contribution in [0, 0.1) is 0 Å². The average molecular weight is 548 g/mol. The minimum Gasteiger partial charge on any atom is -0.400 e. The number of carbonyl (C=O) groups excluding carboxylic acids is 2. The van der Waals surface area contributed by atoms with Crippen LogP contribution in [0.25, 0.3) is 0 Å². The second-order valence-electron chi connectivity index (χ2n) is 11.5. The Balaban J connectivity index is 1.46. The Kier molecular flexibility index (Phi) is 8.68. The zero-order valence-corrected chi connectivity index (χ0v) is 24.0. The van der Waals surface area contributed by atoms with Gasteiger partial charge in [-0.3, -0.25) is 15.5 Å². The van der Waals surface area contributed by atoms with E-state index < -0.39 is 5.54 Å². The van der Waals surface area contributed by atoms with Crippen LogP contribution in [0.3, 0.4) is 0 Å². The van der Waals surface area contributed by atoms with Gasteiger partial charge in [0.2, 0.25) is 0 Å². The summed E-state index contributed by atoms with van der Waals surface area (Å²) in [4.78, 5) is 35.7. The zero-order valence-electron chi connectivity index (χ0n) is 24.0. The molecule has 2 aromatic carbocycles. The number of benzene rings is 2. The summed E-state index contributed by atoms with van der Waals surface area (Å²) in [7, 11) is 3.97. The van der Waals surface area contributed by atoms with Crippen LogP contribution in [0.5, 0.6) is 0 Å². The number of rotatable bonds is 7. The molecule has 0 aromatic heterocycles. The number of carbonyl (C=O) groups is 2. The van der Waals surface area contributed by atoms with E-state index in [-0.39, 0.29) is 30.6 Å².